The summed E-state index contributed by atoms with van der Waals surface area (Å²) in [5.41, 5.74) is 6.43. The minimum absolute atomic E-state index is 0.118. The summed E-state index contributed by atoms with van der Waals surface area (Å²) >= 11 is 11.8. The number of ether oxygens (including phenoxy) is 1. The average molecular weight is 303 g/mol. The Bertz CT molecular complexity index is 471. The fraction of sp³-hybridized carbons (Fsp3) is 0.462. The number of benzene rings is 1. The van der Waals surface area contributed by atoms with Gasteiger partial charge >= 0.3 is 0 Å². The first kappa shape index (κ1) is 14.4. The van der Waals surface area contributed by atoms with Gasteiger partial charge in [-0.05, 0) is 31.9 Å². The van der Waals surface area contributed by atoms with Gasteiger partial charge in [0.1, 0.15) is 0 Å². The number of hydrogen-bond donors (Lipinski definition) is 2. The Morgan fingerprint density at radius 2 is 2.21 bits per heavy atom. The summed E-state index contributed by atoms with van der Waals surface area (Å²) in [4.78, 5) is 12.1. The van der Waals surface area contributed by atoms with E-state index in [9.17, 15) is 4.79 Å². The fourth-order valence-corrected chi connectivity index (χ4v) is 2.48. The third-order valence-corrected chi connectivity index (χ3v) is 3.96. The standard InChI is InChI=1S/C13H16Cl2N2O2/c1-7-4-9(2-3-19-7)17-13(18)8-5-10(14)12(15)11(16)6-8/h5-7,9H,2-4,16H2,1H3,(H,17,18). The Labute approximate surface area is 122 Å². The van der Waals surface area contributed by atoms with Crippen molar-refractivity contribution >= 4 is 34.8 Å². The zero-order valence-corrected chi connectivity index (χ0v) is 12.1. The molecule has 2 unspecified atom stereocenters. The zero-order chi connectivity index (χ0) is 14.0. The number of carbonyl (C=O) groups excluding carboxylic acids is 1. The van der Waals surface area contributed by atoms with Gasteiger partial charge in [0.25, 0.3) is 5.91 Å². The molecule has 0 saturated carbocycles. The largest absolute Gasteiger partial charge is 0.397 e. The van der Waals surface area contributed by atoms with E-state index >= 15 is 0 Å². The second-order valence-electron chi connectivity index (χ2n) is 4.74. The number of amides is 1. The Morgan fingerprint density at radius 1 is 1.47 bits per heavy atom. The number of carbonyl (C=O) groups is 1. The SMILES string of the molecule is CC1CC(NC(=O)c2cc(N)c(Cl)c(Cl)c2)CCO1. The molecule has 1 fully saturated rings. The third kappa shape index (κ3) is 3.53. The van der Waals surface area contributed by atoms with Crippen LogP contribution in [-0.2, 0) is 4.74 Å². The number of nitrogens with two attached hydrogens (primary N) is 1. The van der Waals surface area contributed by atoms with Crippen LogP contribution < -0.4 is 11.1 Å². The van der Waals surface area contributed by atoms with Crippen molar-refractivity contribution in [1.82, 2.24) is 5.32 Å². The van der Waals surface area contributed by atoms with E-state index in [1.54, 1.807) is 0 Å². The molecule has 0 spiro atoms. The van der Waals surface area contributed by atoms with E-state index in [0.29, 0.717) is 17.9 Å². The molecule has 0 radical (unpaired) electrons. The molecule has 1 heterocycles. The van der Waals surface area contributed by atoms with Gasteiger partial charge in [0.15, 0.2) is 0 Å². The lowest BCUT2D eigenvalue weighted by Crippen LogP contribution is -2.41. The van der Waals surface area contributed by atoms with E-state index < -0.39 is 0 Å². The number of nitrogen functional groups attached to an aromatic ring is 1. The normalized spacial score (nSPS) is 23.1. The molecule has 1 aromatic carbocycles. The molecular weight excluding hydrogens is 287 g/mol. The Kier molecular flexibility index (Phi) is 4.55. The van der Waals surface area contributed by atoms with Crippen molar-refractivity contribution in [3.05, 3.63) is 27.7 Å². The van der Waals surface area contributed by atoms with Gasteiger partial charge < -0.3 is 15.8 Å². The van der Waals surface area contributed by atoms with E-state index in [-0.39, 0.29) is 28.1 Å². The lowest BCUT2D eigenvalue weighted by atomic mass is 10.0. The molecule has 104 valence electrons. The van der Waals surface area contributed by atoms with Gasteiger partial charge in [0.2, 0.25) is 0 Å². The minimum atomic E-state index is -0.190. The maximum Gasteiger partial charge on any atom is 0.251 e. The smallest absolute Gasteiger partial charge is 0.251 e. The van der Waals surface area contributed by atoms with Gasteiger partial charge in [-0.15, -0.1) is 0 Å². The first-order valence-corrected chi connectivity index (χ1v) is 6.90. The number of hydrogen-bond acceptors (Lipinski definition) is 3. The highest BCUT2D eigenvalue weighted by Crippen LogP contribution is 2.29. The highest BCUT2D eigenvalue weighted by Gasteiger charge is 2.22. The summed E-state index contributed by atoms with van der Waals surface area (Å²) in [7, 11) is 0. The van der Waals surface area contributed by atoms with Gasteiger partial charge in [-0.2, -0.15) is 0 Å². The molecule has 1 aliphatic heterocycles. The van der Waals surface area contributed by atoms with Crippen molar-refractivity contribution in [3.8, 4) is 0 Å². The molecule has 1 saturated heterocycles. The van der Waals surface area contributed by atoms with Crippen molar-refractivity contribution in [2.75, 3.05) is 12.3 Å². The van der Waals surface area contributed by atoms with Crippen molar-refractivity contribution in [1.29, 1.82) is 0 Å². The van der Waals surface area contributed by atoms with E-state index in [1.165, 1.54) is 12.1 Å². The maximum atomic E-state index is 12.1. The van der Waals surface area contributed by atoms with Gasteiger partial charge in [-0.25, -0.2) is 0 Å². The molecule has 1 aliphatic rings. The molecule has 3 N–H and O–H groups in total. The Hall–Kier alpha value is -0.970. The lowest BCUT2D eigenvalue weighted by molar-refractivity contribution is 0.0136. The van der Waals surface area contributed by atoms with Crippen molar-refractivity contribution in [2.24, 2.45) is 0 Å². The predicted molar refractivity (Wildman–Crippen MR) is 76.8 cm³/mol. The predicted octanol–water partition coefficient (Wildman–Crippen LogP) is 2.87. The molecule has 2 atom stereocenters. The zero-order valence-electron chi connectivity index (χ0n) is 10.6. The third-order valence-electron chi connectivity index (χ3n) is 3.14. The molecule has 4 nitrogen and oxygen atoms in total. The molecule has 0 aliphatic carbocycles. The van der Waals surface area contributed by atoms with Crippen LogP contribution in [0, 0.1) is 0 Å². The van der Waals surface area contributed by atoms with Crippen LogP contribution in [0.2, 0.25) is 10.0 Å². The van der Waals surface area contributed by atoms with Crippen LogP contribution >= 0.6 is 23.2 Å². The van der Waals surface area contributed by atoms with Crippen LogP contribution in [0.15, 0.2) is 12.1 Å². The second-order valence-corrected chi connectivity index (χ2v) is 5.52. The van der Waals surface area contributed by atoms with Gasteiger partial charge in [-0.1, -0.05) is 23.2 Å². The van der Waals surface area contributed by atoms with Crippen molar-refractivity contribution < 1.29 is 9.53 Å². The lowest BCUT2D eigenvalue weighted by Gasteiger charge is -2.28. The number of halogens is 2. The molecule has 1 aromatic rings. The fourth-order valence-electron chi connectivity index (χ4n) is 2.14. The summed E-state index contributed by atoms with van der Waals surface area (Å²) in [5, 5.41) is 3.52. The van der Waals surface area contributed by atoms with Gasteiger partial charge in [-0.3, -0.25) is 4.79 Å². The van der Waals surface area contributed by atoms with Crippen LogP contribution in [0.5, 0.6) is 0 Å². The van der Waals surface area contributed by atoms with E-state index in [2.05, 4.69) is 5.32 Å². The second kappa shape index (κ2) is 5.99. The summed E-state index contributed by atoms with van der Waals surface area (Å²) in [6.45, 7) is 2.66. The van der Waals surface area contributed by atoms with Crippen molar-refractivity contribution in [3.63, 3.8) is 0 Å². The minimum Gasteiger partial charge on any atom is -0.397 e. The van der Waals surface area contributed by atoms with Crippen LogP contribution in [-0.4, -0.2) is 24.7 Å². The summed E-state index contributed by atoms with van der Waals surface area (Å²) in [6, 6.07) is 3.18. The number of nitrogens with one attached hydrogen (secondary N) is 1. The molecule has 1 amide bonds. The first-order valence-electron chi connectivity index (χ1n) is 6.14. The molecule has 19 heavy (non-hydrogen) atoms. The molecule has 0 aromatic heterocycles. The average Bonchev–Trinajstić information content (AvgIpc) is 2.35. The quantitative estimate of drug-likeness (QED) is 0.826. The van der Waals surface area contributed by atoms with Crippen molar-refractivity contribution in [2.45, 2.75) is 31.9 Å². The Balaban J connectivity index is 2.07. The Morgan fingerprint density at radius 3 is 2.84 bits per heavy atom. The van der Waals surface area contributed by atoms with Gasteiger partial charge in [0.05, 0.1) is 21.8 Å². The first-order chi connectivity index (χ1) is 8.97. The van der Waals surface area contributed by atoms with Crippen LogP contribution in [0.1, 0.15) is 30.1 Å². The molecular formula is C13H16Cl2N2O2. The molecule has 2 rings (SSSR count). The molecule has 6 heteroatoms. The highest BCUT2D eigenvalue weighted by molar-refractivity contribution is 6.43. The van der Waals surface area contributed by atoms with E-state index in [1.807, 2.05) is 6.92 Å². The summed E-state index contributed by atoms with van der Waals surface area (Å²) in [6.07, 6.45) is 1.79. The van der Waals surface area contributed by atoms with E-state index in [4.69, 9.17) is 33.7 Å². The van der Waals surface area contributed by atoms with E-state index in [0.717, 1.165) is 12.8 Å². The topological polar surface area (TPSA) is 64.4 Å². The van der Waals surface area contributed by atoms with Crippen LogP contribution in [0.4, 0.5) is 5.69 Å². The van der Waals surface area contributed by atoms with Crippen LogP contribution in [0.25, 0.3) is 0 Å². The number of rotatable bonds is 2. The highest BCUT2D eigenvalue weighted by atomic mass is 35.5. The van der Waals surface area contributed by atoms with Gasteiger partial charge in [0, 0.05) is 18.2 Å². The monoisotopic (exact) mass is 302 g/mol. The summed E-state index contributed by atoms with van der Waals surface area (Å²) < 4.78 is 5.44. The maximum absolute atomic E-state index is 12.1. The number of anilines is 1. The molecule has 0 bridgehead atoms. The van der Waals surface area contributed by atoms with Crippen LogP contribution in [0.3, 0.4) is 0 Å². The summed E-state index contributed by atoms with van der Waals surface area (Å²) in [5.74, 6) is -0.190.